The molecule has 0 spiro atoms. The fourth-order valence-corrected chi connectivity index (χ4v) is 0.988. The first kappa shape index (κ1) is 13.5. The smallest absolute Gasteiger partial charge is 0.269 e. The van der Waals surface area contributed by atoms with Crippen LogP contribution in [-0.2, 0) is 0 Å². The fourth-order valence-electron chi connectivity index (χ4n) is 0.870. The summed E-state index contributed by atoms with van der Waals surface area (Å²) in [6.07, 6.45) is 0. The summed E-state index contributed by atoms with van der Waals surface area (Å²) in [5.41, 5.74) is 0.839. The van der Waals surface area contributed by atoms with E-state index in [0.717, 1.165) is 5.69 Å². The van der Waals surface area contributed by atoms with Crippen molar-refractivity contribution in [3.05, 3.63) is 34.4 Å². The molecule has 1 aromatic carbocycles. The van der Waals surface area contributed by atoms with Gasteiger partial charge in [-0.3, -0.25) is 10.1 Å². The van der Waals surface area contributed by atoms with E-state index in [1.807, 2.05) is 13.8 Å². The molecule has 0 fully saturated rings. The van der Waals surface area contributed by atoms with E-state index < -0.39 is 4.92 Å². The number of nitrogens with one attached hydrogen (secondary N) is 1. The largest absolute Gasteiger partial charge is 0.350 e. The fraction of sp³-hybridized carbons (Fsp3) is 0.300. The van der Waals surface area contributed by atoms with Crippen LogP contribution < -0.4 is 5.32 Å². The predicted molar refractivity (Wildman–Crippen MR) is 66.3 cm³/mol. The second kappa shape index (κ2) is 6.89. The number of thiocarbonyl (C=S) groups is 1. The number of benzene rings is 1. The van der Waals surface area contributed by atoms with Crippen molar-refractivity contribution in [3.63, 3.8) is 0 Å². The molecule has 0 bridgehead atoms. The molecule has 1 aromatic rings. The van der Waals surface area contributed by atoms with Gasteiger partial charge in [0.05, 0.1) is 9.91 Å². The molecule has 0 heterocycles. The topological polar surface area (TPSA) is 55.2 Å². The Balaban J connectivity index is 0.000000921. The van der Waals surface area contributed by atoms with Crippen molar-refractivity contribution in [2.45, 2.75) is 20.8 Å². The lowest BCUT2D eigenvalue weighted by Crippen LogP contribution is -2.02. The monoisotopic (exact) mass is 226 g/mol. The van der Waals surface area contributed by atoms with Crippen molar-refractivity contribution in [3.8, 4) is 0 Å². The van der Waals surface area contributed by atoms with E-state index in [1.165, 1.54) is 12.1 Å². The Bertz CT molecular complexity index is 336. The highest BCUT2D eigenvalue weighted by molar-refractivity contribution is 7.80. The summed E-state index contributed by atoms with van der Waals surface area (Å²) in [4.78, 5) is 10.5. The van der Waals surface area contributed by atoms with E-state index in [9.17, 15) is 10.1 Å². The minimum absolute atomic E-state index is 0.0765. The van der Waals surface area contributed by atoms with Gasteiger partial charge in [0.2, 0.25) is 0 Å². The van der Waals surface area contributed by atoms with E-state index >= 15 is 0 Å². The minimum atomic E-state index is -0.436. The molecule has 82 valence electrons. The van der Waals surface area contributed by atoms with Gasteiger partial charge in [-0.15, -0.1) is 0 Å². The summed E-state index contributed by atoms with van der Waals surface area (Å²) < 4.78 is 0. The molecular weight excluding hydrogens is 212 g/mol. The van der Waals surface area contributed by atoms with Gasteiger partial charge in [-0.05, 0) is 19.1 Å². The number of hydrogen-bond acceptors (Lipinski definition) is 3. The van der Waals surface area contributed by atoms with Crippen LogP contribution in [0.1, 0.15) is 20.8 Å². The van der Waals surface area contributed by atoms with E-state index in [-0.39, 0.29) is 5.69 Å². The number of anilines is 1. The Morgan fingerprint density at radius 3 is 2.13 bits per heavy atom. The van der Waals surface area contributed by atoms with Gasteiger partial charge in [0, 0.05) is 17.8 Å². The normalized spacial score (nSPS) is 8.47. The zero-order valence-electron chi connectivity index (χ0n) is 8.98. The van der Waals surface area contributed by atoms with Gasteiger partial charge < -0.3 is 5.32 Å². The second-order valence-corrected chi connectivity index (χ2v) is 3.10. The van der Waals surface area contributed by atoms with Gasteiger partial charge in [-0.1, -0.05) is 26.1 Å². The highest BCUT2D eigenvalue weighted by Gasteiger charge is 2.03. The zero-order valence-corrected chi connectivity index (χ0v) is 9.80. The van der Waals surface area contributed by atoms with Gasteiger partial charge >= 0.3 is 0 Å². The van der Waals surface area contributed by atoms with E-state index in [2.05, 4.69) is 5.32 Å². The van der Waals surface area contributed by atoms with Gasteiger partial charge in [-0.25, -0.2) is 0 Å². The molecule has 15 heavy (non-hydrogen) atoms. The Hall–Kier alpha value is -1.49. The molecule has 0 aliphatic heterocycles. The highest BCUT2D eigenvalue weighted by atomic mass is 32.1. The van der Waals surface area contributed by atoms with Crippen molar-refractivity contribution < 1.29 is 4.92 Å². The van der Waals surface area contributed by atoms with Gasteiger partial charge in [-0.2, -0.15) is 0 Å². The number of nitrogens with zero attached hydrogens (tertiary/aromatic N) is 1. The summed E-state index contributed by atoms with van der Waals surface area (Å²) in [6, 6.07) is 6.10. The van der Waals surface area contributed by atoms with Crippen molar-refractivity contribution >= 4 is 28.6 Å². The molecule has 0 aromatic heterocycles. The first-order valence-corrected chi connectivity index (χ1v) is 5.02. The lowest BCUT2D eigenvalue weighted by Gasteiger charge is -2.01. The van der Waals surface area contributed by atoms with Gasteiger partial charge in [0.25, 0.3) is 5.69 Å². The average molecular weight is 226 g/mol. The summed E-state index contributed by atoms with van der Waals surface area (Å²) in [6.45, 7) is 5.75. The first-order valence-electron chi connectivity index (χ1n) is 4.61. The van der Waals surface area contributed by atoms with Crippen LogP contribution in [0.4, 0.5) is 11.4 Å². The van der Waals surface area contributed by atoms with Crippen LogP contribution in [0.25, 0.3) is 0 Å². The summed E-state index contributed by atoms with van der Waals surface area (Å²) >= 11 is 4.82. The third kappa shape index (κ3) is 5.07. The maximum Gasteiger partial charge on any atom is 0.269 e. The Morgan fingerprint density at radius 1 is 1.33 bits per heavy atom. The second-order valence-electron chi connectivity index (χ2n) is 2.49. The summed E-state index contributed by atoms with van der Waals surface area (Å²) in [5, 5.41) is 13.2. The molecule has 0 saturated heterocycles. The first-order chi connectivity index (χ1) is 7.09. The molecule has 0 amide bonds. The summed E-state index contributed by atoms with van der Waals surface area (Å²) in [7, 11) is 0. The molecule has 0 aliphatic rings. The quantitative estimate of drug-likeness (QED) is 0.477. The van der Waals surface area contributed by atoms with E-state index in [4.69, 9.17) is 12.2 Å². The van der Waals surface area contributed by atoms with Crippen LogP contribution in [0.3, 0.4) is 0 Å². The van der Waals surface area contributed by atoms with Crippen LogP contribution >= 0.6 is 12.2 Å². The Morgan fingerprint density at radius 2 is 1.80 bits per heavy atom. The minimum Gasteiger partial charge on any atom is -0.350 e. The van der Waals surface area contributed by atoms with Crippen LogP contribution in [-0.4, -0.2) is 9.91 Å². The number of hydrogen-bond donors (Lipinski definition) is 1. The molecule has 0 saturated carbocycles. The standard InChI is InChI=1S/C8H8N2O2S.C2H6/c1-6(13)9-7-2-4-8(5-3-7)10(11)12;1-2/h2-5H,1H3,(H,9,13);1-2H3. The van der Waals surface area contributed by atoms with E-state index in [1.54, 1.807) is 19.1 Å². The van der Waals surface area contributed by atoms with Crippen LogP contribution in [0.15, 0.2) is 24.3 Å². The number of rotatable bonds is 2. The summed E-state index contributed by atoms with van der Waals surface area (Å²) in [5.74, 6) is 0. The number of nitro groups is 1. The Labute approximate surface area is 94.5 Å². The molecule has 4 nitrogen and oxygen atoms in total. The molecule has 1 N–H and O–H groups in total. The maximum absolute atomic E-state index is 10.3. The number of nitro benzene ring substituents is 1. The molecular formula is C10H14N2O2S. The lowest BCUT2D eigenvalue weighted by atomic mass is 10.3. The van der Waals surface area contributed by atoms with Crippen molar-refractivity contribution in [1.82, 2.24) is 0 Å². The molecule has 5 heteroatoms. The van der Waals surface area contributed by atoms with Gasteiger partial charge in [0.15, 0.2) is 0 Å². The molecule has 0 radical (unpaired) electrons. The maximum atomic E-state index is 10.3. The molecule has 0 unspecified atom stereocenters. The average Bonchev–Trinajstić information content (AvgIpc) is 2.20. The van der Waals surface area contributed by atoms with Crippen LogP contribution in [0.2, 0.25) is 0 Å². The zero-order chi connectivity index (χ0) is 11.8. The van der Waals surface area contributed by atoms with Crippen molar-refractivity contribution in [2.75, 3.05) is 5.32 Å². The third-order valence-electron chi connectivity index (χ3n) is 1.40. The van der Waals surface area contributed by atoms with Gasteiger partial charge in [0.1, 0.15) is 0 Å². The SMILES string of the molecule is CC.CC(=S)Nc1ccc([N+](=O)[O-])cc1. The van der Waals surface area contributed by atoms with Crippen LogP contribution in [0, 0.1) is 10.1 Å². The van der Waals surface area contributed by atoms with Crippen molar-refractivity contribution in [1.29, 1.82) is 0 Å². The third-order valence-corrected chi connectivity index (χ3v) is 1.50. The Kier molecular flexibility index (Phi) is 6.21. The number of non-ortho nitro benzene ring substituents is 1. The van der Waals surface area contributed by atoms with Crippen molar-refractivity contribution in [2.24, 2.45) is 0 Å². The highest BCUT2D eigenvalue weighted by Crippen LogP contribution is 2.15. The van der Waals surface area contributed by atoms with Crippen LogP contribution in [0.5, 0.6) is 0 Å². The molecule has 0 atom stereocenters. The lowest BCUT2D eigenvalue weighted by molar-refractivity contribution is -0.384. The van der Waals surface area contributed by atoms with E-state index in [0.29, 0.717) is 4.99 Å². The molecule has 1 rings (SSSR count). The predicted octanol–water partition coefficient (Wildman–Crippen LogP) is 3.38. The molecule has 0 aliphatic carbocycles.